The first kappa shape index (κ1) is 21.5. The fourth-order valence-electron chi connectivity index (χ4n) is 3.31. The van der Waals surface area contributed by atoms with Crippen LogP contribution in [-0.2, 0) is 23.9 Å². The van der Waals surface area contributed by atoms with Crippen LogP contribution in [0.2, 0.25) is 0 Å². The molecule has 5 nitrogen and oxygen atoms in total. The number of anilines is 1. The van der Waals surface area contributed by atoms with E-state index < -0.39 is 10.9 Å². The summed E-state index contributed by atoms with van der Waals surface area (Å²) in [6.07, 6.45) is 4.42. The van der Waals surface area contributed by atoms with Gasteiger partial charge in [0.15, 0.2) is 0 Å². The number of thiophene rings is 1. The summed E-state index contributed by atoms with van der Waals surface area (Å²) in [5.41, 5.74) is 1.93. The van der Waals surface area contributed by atoms with Crippen LogP contribution in [0.4, 0.5) is 9.39 Å². The third-order valence-corrected chi connectivity index (χ3v) is 6.18. The Balaban J connectivity index is 1.93. The second-order valence-electron chi connectivity index (χ2n) is 7.80. The SMILES string of the molecule is CC(C)Cc1cc(-c2ccc(Cn3ccnc3C(C)C)c(F)c2)c(N[SH](=O)=O)s1. The lowest BCUT2D eigenvalue weighted by molar-refractivity contribution is 0.589. The Labute approximate surface area is 176 Å². The van der Waals surface area contributed by atoms with E-state index in [1.807, 2.05) is 22.9 Å². The number of hydrogen-bond donors (Lipinski definition) is 2. The smallest absolute Gasteiger partial charge is 0.223 e. The van der Waals surface area contributed by atoms with Gasteiger partial charge < -0.3 is 4.57 Å². The highest BCUT2D eigenvalue weighted by Gasteiger charge is 2.15. The molecular weight excluding hydrogens is 409 g/mol. The molecule has 0 unspecified atom stereocenters. The Bertz CT molecular complexity index is 1060. The fraction of sp³-hybridized carbons (Fsp3) is 0.381. The third-order valence-electron chi connectivity index (χ3n) is 4.55. The maximum Gasteiger partial charge on any atom is 0.223 e. The zero-order valence-electron chi connectivity index (χ0n) is 17.0. The first-order valence-corrected chi connectivity index (χ1v) is 11.6. The lowest BCUT2D eigenvalue weighted by atomic mass is 10.0. The molecule has 0 aliphatic carbocycles. The summed E-state index contributed by atoms with van der Waals surface area (Å²) in [4.78, 5) is 5.42. The molecular formula is C21H26FN3O2S2. The molecule has 3 rings (SSSR count). The van der Waals surface area contributed by atoms with E-state index in [9.17, 15) is 12.8 Å². The van der Waals surface area contributed by atoms with E-state index in [0.29, 0.717) is 34.2 Å². The second-order valence-corrected chi connectivity index (χ2v) is 9.67. The van der Waals surface area contributed by atoms with Gasteiger partial charge >= 0.3 is 0 Å². The van der Waals surface area contributed by atoms with Crippen molar-refractivity contribution in [1.82, 2.24) is 9.55 Å². The van der Waals surface area contributed by atoms with Crippen molar-refractivity contribution in [2.45, 2.75) is 46.6 Å². The lowest BCUT2D eigenvalue weighted by Crippen LogP contribution is -2.07. The molecule has 0 amide bonds. The predicted molar refractivity (Wildman–Crippen MR) is 118 cm³/mol. The van der Waals surface area contributed by atoms with Crippen molar-refractivity contribution in [3.63, 3.8) is 0 Å². The van der Waals surface area contributed by atoms with Crippen LogP contribution in [0.1, 0.15) is 49.9 Å². The largest absolute Gasteiger partial charge is 0.330 e. The Morgan fingerprint density at radius 3 is 2.59 bits per heavy atom. The Hall–Kier alpha value is -2.19. The van der Waals surface area contributed by atoms with Gasteiger partial charge in [0.25, 0.3) is 0 Å². The molecule has 0 fully saturated rings. The average molecular weight is 436 g/mol. The van der Waals surface area contributed by atoms with Gasteiger partial charge in [0.2, 0.25) is 10.9 Å². The quantitative estimate of drug-likeness (QED) is 0.486. The molecule has 0 aliphatic heterocycles. The summed E-state index contributed by atoms with van der Waals surface area (Å²) in [5, 5.41) is 0.528. The first-order valence-electron chi connectivity index (χ1n) is 9.58. The number of hydrogen-bond acceptors (Lipinski definition) is 4. The molecule has 2 heterocycles. The van der Waals surface area contributed by atoms with Crippen LogP contribution in [0.15, 0.2) is 36.7 Å². The van der Waals surface area contributed by atoms with Crippen molar-refractivity contribution in [3.8, 4) is 11.1 Å². The van der Waals surface area contributed by atoms with Crippen molar-refractivity contribution < 1.29 is 12.8 Å². The van der Waals surface area contributed by atoms with Crippen LogP contribution >= 0.6 is 11.3 Å². The molecule has 29 heavy (non-hydrogen) atoms. The van der Waals surface area contributed by atoms with E-state index in [4.69, 9.17) is 0 Å². The zero-order chi connectivity index (χ0) is 21.1. The summed E-state index contributed by atoms with van der Waals surface area (Å²) < 4.78 is 41.8. The first-order chi connectivity index (χ1) is 13.7. The van der Waals surface area contributed by atoms with E-state index in [0.717, 1.165) is 17.1 Å². The van der Waals surface area contributed by atoms with E-state index in [2.05, 4.69) is 37.4 Å². The lowest BCUT2D eigenvalue weighted by Gasteiger charge is -2.12. The van der Waals surface area contributed by atoms with Gasteiger partial charge in [-0.1, -0.05) is 39.8 Å². The summed E-state index contributed by atoms with van der Waals surface area (Å²) in [6, 6.07) is 7.03. The van der Waals surface area contributed by atoms with Crippen molar-refractivity contribution in [2.24, 2.45) is 5.92 Å². The van der Waals surface area contributed by atoms with Crippen LogP contribution < -0.4 is 4.72 Å². The molecule has 1 N–H and O–H groups in total. The van der Waals surface area contributed by atoms with Gasteiger partial charge in [-0.2, -0.15) is 0 Å². The summed E-state index contributed by atoms with van der Waals surface area (Å²) in [6.45, 7) is 8.73. The Morgan fingerprint density at radius 2 is 1.97 bits per heavy atom. The Morgan fingerprint density at radius 1 is 1.21 bits per heavy atom. The molecule has 0 bridgehead atoms. The number of imidazole rings is 1. The number of nitrogens with zero attached hydrogens (tertiary/aromatic N) is 2. The predicted octanol–water partition coefficient (Wildman–Crippen LogP) is 5.06. The Kier molecular flexibility index (Phi) is 6.74. The van der Waals surface area contributed by atoms with Gasteiger partial charge in [-0.05, 0) is 30.0 Å². The summed E-state index contributed by atoms with van der Waals surface area (Å²) in [5.74, 6) is 1.29. The van der Waals surface area contributed by atoms with E-state index in [1.165, 1.54) is 17.4 Å². The number of rotatable bonds is 8. The molecule has 1 aromatic carbocycles. The third kappa shape index (κ3) is 5.25. The van der Waals surface area contributed by atoms with E-state index >= 15 is 0 Å². The fourth-order valence-corrected chi connectivity index (χ4v) is 5.14. The minimum absolute atomic E-state index is 0.250. The van der Waals surface area contributed by atoms with Crippen molar-refractivity contribution >= 4 is 27.2 Å². The van der Waals surface area contributed by atoms with Crippen LogP contribution in [0.3, 0.4) is 0 Å². The van der Waals surface area contributed by atoms with Gasteiger partial charge in [0, 0.05) is 34.3 Å². The maximum atomic E-state index is 14.9. The highest BCUT2D eigenvalue weighted by atomic mass is 32.2. The summed E-state index contributed by atoms with van der Waals surface area (Å²) >= 11 is 1.40. The van der Waals surface area contributed by atoms with Gasteiger partial charge in [0.1, 0.15) is 16.6 Å². The molecule has 8 heteroatoms. The van der Waals surface area contributed by atoms with E-state index in [-0.39, 0.29) is 11.7 Å². The number of nitrogens with one attached hydrogen (secondary N) is 1. The number of benzene rings is 1. The molecule has 3 aromatic rings. The molecule has 0 saturated carbocycles. The molecule has 0 spiro atoms. The van der Waals surface area contributed by atoms with Gasteiger partial charge in [-0.3, -0.25) is 4.72 Å². The molecule has 2 aromatic heterocycles. The number of aromatic nitrogens is 2. The highest BCUT2D eigenvalue weighted by molar-refractivity contribution is 7.74. The van der Waals surface area contributed by atoms with Crippen LogP contribution in [0, 0.1) is 11.7 Å². The minimum Gasteiger partial charge on any atom is -0.330 e. The molecule has 156 valence electrons. The monoisotopic (exact) mass is 435 g/mol. The normalized spacial score (nSPS) is 11.7. The second kappa shape index (κ2) is 9.09. The molecule has 0 aliphatic rings. The molecule has 0 saturated heterocycles. The minimum atomic E-state index is -2.79. The topological polar surface area (TPSA) is 64.0 Å². The maximum absolute atomic E-state index is 14.9. The van der Waals surface area contributed by atoms with Crippen molar-refractivity contribution in [3.05, 3.63) is 58.7 Å². The molecule has 0 atom stereocenters. The zero-order valence-corrected chi connectivity index (χ0v) is 18.7. The highest BCUT2D eigenvalue weighted by Crippen LogP contribution is 2.38. The van der Waals surface area contributed by atoms with Crippen molar-refractivity contribution in [1.29, 1.82) is 0 Å². The van der Waals surface area contributed by atoms with E-state index in [1.54, 1.807) is 12.3 Å². The standard InChI is InChI=1S/C21H26FN3O2S2/c1-13(2)9-17-11-18(21(28-17)24-29(26)27)15-5-6-16(19(22)10-15)12-25-8-7-23-20(25)14(3)4/h5-8,10-11,13-14,29H,9,12H2,1-4H3,(H,24,26,27). The number of halogens is 1. The average Bonchev–Trinajstić information content (AvgIpc) is 3.22. The van der Waals surface area contributed by atoms with Gasteiger partial charge in [-0.15, -0.1) is 11.3 Å². The van der Waals surface area contributed by atoms with Crippen LogP contribution in [-0.4, -0.2) is 18.0 Å². The van der Waals surface area contributed by atoms with Crippen LogP contribution in [0.25, 0.3) is 11.1 Å². The van der Waals surface area contributed by atoms with Gasteiger partial charge in [0.05, 0.1) is 6.54 Å². The van der Waals surface area contributed by atoms with Crippen molar-refractivity contribution in [2.75, 3.05) is 4.72 Å². The number of thiol groups is 1. The molecule has 0 radical (unpaired) electrons. The summed E-state index contributed by atoms with van der Waals surface area (Å²) in [7, 11) is -2.79. The van der Waals surface area contributed by atoms with Crippen LogP contribution in [0.5, 0.6) is 0 Å². The van der Waals surface area contributed by atoms with Gasteiger partial charge in [-0.25, -0.2) is 17.8 Å².